The van der Waals surface area contributed by atoms with Crippen LogP contribution in [0.2, 0.25) is 5.02 Å². The lowest BCUT2D eigenvalue weighted by atomic mass is 10.2. The molecular weight excluding hydrogens is 280 g/mol. The standard InChI is InChI=1S/C15H11ClO4/c1-19-15(18)12-7-2-3-8-13(12)20-14(17)10-5-4-6-11(16)9-10/h2-9H,1H3. The average molecular weight is 291 g/mol. The molecule has 2 rings (SSSR count). The van der Waals surface area contributed by atoms with Crippen molar-refractivity contribution >= 4 is 23.5 Å². The van der Waals surface area contributed by atoms with Crippen LogP contribution >= 0.6 is 11.6 Å². The van der Waals surface area contributed by atoms with E-state index in [0.29, 0.717) is 10.6 Å². The highest BCUT2D eigenvalue weighted by Gasteiger charge is 2.16. The minimum absolute atomic E-state index is 0.143. The Morgan fingerprint density at radius 3 is 2.45 bits per heavy atom. The number of benzene rings is 2. The topological polar surface area (TPSA) is 52.6 Å². The SMILES string of the molecule is COC(=O)c1ccccc1OC(=O)c1cccc(Cl)c1. The summed E-state index contributed by atoms with van der Waals surface area (Å²) < 4.78 is 9.84. The summed E-state index contributed by atoms with van der Waals surface area (Å²) in [7, 11) is 1.26. The molecule has 0 heterocycles. The Morgan fingerprint density at radius 2 is 1.75 bits per heavy atom. The predicted octanol–water partition coefficient (Wildman–Crippen LogP) is 3.35. The molecule has 20 heavy (non-hydrogen) atoms. The second-order valence-electron chi connectivity index (χ2n) is 3.89. The maximum atomic E-state index is 12.0. The first-order chi connectivity index (χ1) is 9.61. The molecule has 2 aromatic carbocycles. The van der Waals surface area contributed by atoms with Crippen molar-refractivity contribution in [2.75, 3.05) is 7.11 Å². The molecule has 0 N–H and O–H groups in total. The van der Waals surface area contributed by atoms with E-state index in [2.05, 4.69) is 4.74 Å². The van der Waals surface area contributed by atoms with E-state index in [0.717, 1.165) is 0 Å². The fraction of sp³-hybridized carbons (Fsp3) is 0.0667. The lowest BCUT2D eigenvalue weighted by molar-refractivity contribution is 0.0593. The van der Waals surface area contributed by atoms with Crippen LogP contribution in [0.5, 0.6) is 5.75 Å². The Bertz CT molecular complexity index is 652. The van der Waals surface area contributed by atoms with Crippen LogP contribution in [0, 0.1) is 0 Å². The fourth-order valence-corrected chi connectivity index (χ4v) is 1.80. The average Bonchev–Trinajstić information content (AvgIpc) is 2.47. The first-order valence-electron chi connectivity index (χ1n) is 5.77. The molecule has 0 aliphatic rings. The summed E-state index contributed by atoms with van der Waals surface area (Å²) >= 11 is 5.81. The smallest absolute Gasteiger partial charge is 0.343 e. The minimum Gasteiger partial charge on any atom is -0.465 e. The number of ether oxygens (including phenoxy) is 2. The molecule has 0 saturated carbocycles. The molecule has 0 radical (unpaired) electrons. The molecule has 0 spiro atoms. The zero-order valence-corrected chi connectivity index (χ0v) is 11.4. The van der Waals surface area contributed by atoms with Gasteiger partial charge in [0.1, 0.15) is 11.3 Å². The van der Waals surface area contributed by atoms with Gasteiger partial charge in [-0.2, -0.15) is 0 Å². The molecule has 2 aromatic rings. The Kier molecular flexibility index (Phi) is 4.38. The lowest BCUT2D eigenvalue weighted by Crippen LogP contribution is -2.12. The van der Waals surface area contributed by atoms with Crippen molar-refractivity contribution in [3.05, 3.63) is 64.7 Å². The summed E-state index contributed by atoms with van der Waals surface area (Å²) in [5.41, 5.74) is 0.488. The van der Waals surface area contributed by atoms with E-state index in [1.165, 1.54) is 25.3 Å². The summed E-state index contributed by atoms with van der Waals surface area (Å²) in [6, 6.07) is 12.7. The monoisotopic (exact) mass is 290 g/mol. The molecular formula is C15H11ClO4. The second kappa shape index (κ2) is 6.21. The van der Waals surface area contributed by atoms with Crippen LogP contribution in [0.15, 0.2) is 48.5 Å². The van der Waals surface area contributed by atoms with Gasteiger partial charge in [-0.1, -0.05) is 29.8 Å². The third-order valence-corrected chi connectivity index (χ3v) is 2.79. The Balaban J connectivity index is 2.26. The van der Waals surface area contributed by atoms with Gasteiger partial charge in [0.25, 0.3) is 0 Å². The van der Waals surface area contributed by atoms with Crippen molar-refractivity contribution < 1.29 is 19.1 Å². The first-order valence-corrected chi connectivity index (χ1v) is 6.14. The van der Waals surface area contributed by atoms with Crippen molar-refractivity contribution in [2.24, 2.45) is 0 Å². The zero-order chi connectivity index (χ0) is 14.5. The van der Waals surface area contributed by atoms with E-state index in [1.807, 2.05) is 0 Å². The highest BCUT2D eigenvalue weighted by molar-refractivity contribution is 6.30. The molecule has 4 nitrogen and oxygen atoms in total. The van der Waals surface area contributed by atoms with Crippen LogP contribution < -0.4 is 4.74 Å². The summed E-state index contributed by atoms with van der Waals surface area (Å²) in [5, 5.41) is 0.431. The van der Waals surface area contributed by atoms with Gasteiger partial charge in [-0.25, -0.2) is 9.59 Å². The third kappa shape index (κ3) is 3.16. The first kappa shape index (κ1) is 14.1. The lowest BCUT2D eigenvalue weighted by Gasteiger charge is -2.08. The van der Waals surface area contributed by atoms with Crippen molar-refractivity contribution in [2.45, 2.75) is 0 Å². The van der Waals surface area contributed by atoms with Gasteiger partial charge in [0.05, 0.1) is 12.7 Å². The number of para-hydroxylation sites is 1. The van der Waals surface area contributed by atoms with Crippen LogP contribution in [-0.4, -0.2) is 19.0 Å². The summed E-state index contributed by atoms with van der Waals surface area (Å²) in [4.78, 5) is 23.6. The van der Waals surface area contributed by atoms with Crippen LogP contribution in [0.25, 0.3) is 0 Å². The maximum Gasteiger partial charge on any atom is 0.343 e. The molecule has 0 aliphatic carbocycles. The van der Waals surface area contributed by atoms with Gasteiger partial charge in [-0.15, -0.1) is 0 Å². The van der Waals surface area contributed by atoms with E-state index in [9.17, 15) is 9.59 Å². The van der Waals surface area contributed by atoms with Gasteiger partial charge in [-0.3, -0.25) is 0 Å². The van der Waals surface area contributed by atoms with Crippen LogP contribution in [0.4, 0.5) is 0 Å². The van der Waals surface area contributed by atoms with Crippen molar-refractivity contribution in [3.63, 3.8) is 0 Å². The van der Waals surface area contributed by atoms with Gasteiger partial charge >= 0.3 is 11.9 Å². The molecule has 0 aliphatic heterocycles. The van der Waals surface area contributed by atoms with Gasteiger partial charge < -0.3 is 9.47 Å². The van der Waals surface area contributed by atoms with E-state index in [1.54, 1.807) is 30.3 Å². The number of halogens is 1. The molecule has 102 valence electrons. The Morgan fingerprint density at radius 1 is 1.00 bits per heavy atom. The van der Waals surface area contributed by atoms with E-state index in [4.69, 9.17) is 16.3 Å². The maximum absolute atomic E-state index is 12.0. The Labute approximate surface area is 120 Å². The molecule has 0 fully saturated rings. The summed E-state index contributed by atoms with van der Waals surface area (Å²) in [6.07, 6.45) is 0. The highest BCUT2D eigenvalue weighted by atomic mass is 35.5. The van der Waals surface area contributed by atoms with E-state index in [-0.39, 0.29) is 11.3 Å². The molecule has 0 bridgehead atoms. The molecule has 0 atom stereocenters. The number of carbonyl (C=O) groups excluding carboxylic acids is 2. The largest absolute Gasteiger partial charge is 0.465 e. The normalized spacial score (nSPS) is 9.90. The number of hydrogen-bond donors (Lipinski definition) is 0. The van der Waals surface area contributed by atoms with Crippen LogP contribution in [0.3, 0.4) is 0 Å². The van der Waals surface area contributed by atoms with Crippen LogP contribution in [-0.2, 0) is 4.74 Å². The van der Waals surface area contributed by atoms with Gasteiger partial charge in [0, 0.05) is 5.02 Å². The molecule has 0 amide bonds. The molecule has 0 unspecified atom stereocenters. The molecule has 0 saturated heterocycles. The van der Waals surface area contributed by atoms with E-state index < -0.39 is 11.9 Å². The van der Waals surface area contributed by atoms with Gasteiger partial charge in [0.2, 0.25) is 0 Å². The number of rotatable bonds is 3. The highest BCUT2D eigenvalue weighted by Crippen LogP contribution is 2.21. The minimum atomic E-state index is -0.594. The van der Waals surface area contributed by atoms with Gasteiger partial charge in [0.15, 0.2) is 0 Å². The fourth-order valence-electron chi connectivity index (χ4n) is 1.61. The number of methoxy groups -OCH3 is 1. The predicted molar refractivity (Wildman–Crippen MR) is 74.2 cm³/mol. The third-order valence-electron chi connectivity index (χ3n) is 2.56. The number of carbonyl (C=O) groups is 2. The zero-order valence-electron chi connectivity index (χ0n) is 10.6. The number of hydrogen-bond acceptors (Lipinski definition) is 4. The summed E-state index contributed by atoms with van der Waals surface area (Å²) in [6.45, 7) is 0. The number of esters is 2. The summed E-state index contributed by atoms with van der Waals surface area (Å²) in [5.74, 6) is -1.02. The molecule has 5 heteroatoms. The van der Waals surface area contributed by atoms with Crippen LogP contribution in [0.1, 0.15) is 20.7 Å². The van der Waals surface area contributed by atoms with Crippen molar-refractivity contribution in [3.8, 4) is 5.75 Å². The molecule has 0 aromatic heterocycles. The second-order valence-corrected chi connectivity index (χ2v) is 4.32. The Hall–Kier alpha value is -2.33. The quantitative estimate of drug-likeness (QED) is 0.642. The van der Waals surface area contributed by atoms with Crippen molar-refractivity contribution in [1.29, 1.82) is 0 Å². The van der Waals surface area contributed by atoms with E-state index >= 15 is 0 Å². The van der Waals surface area contributed by atoms with Gasteiger partial charge in [-0.05, 0) is 30.3 Å². The van der Waals surface area contributed by atoms with Crippen molar-refractivity contribution in [1.82, 2.24) is 0 Å².